The van der Waals surface area contributed by atoms with E-state index in [0.29, 0.717) is 6.42 Å². The highest BCUT2D eigenvalue weighted by molar-refractivity contribution is 5.66. The van der Waals surface area contributed by atoms with Crippen LogP contribution in [-0.2, 0) is 9.53 Å². The van der Waals surface area contributed by atoms with E-state index < -0.39 is 5.60 Å². The van der Waals surface area contributed by atoms with E-state index in [2.05, 4.69) is 0 Å². The Morgan fingerprint density at radius 2 is 2.36 bits per heavy atom. The van der Waals surface area contributed by atoms with Gasteiger partial charge in [0.15, 0.2) is 0 Å². The van der Waals surface area contributed by atoms with E-state index in [-0.39, 0.29) is 5.97 Å². The van der Waals surface area contributed by atoms with E-state index in [1.54, 1.807) is 0 Å². The molecule has 3 nitrogen and oxygen atoms in total. The summed E-state index contributed by atoms with van der Waals surface area (Å²) in [6, 6.07) is 2.04. The third-order valence-corrected chi connectivity index (χ3v) is 2.03. The zero-order valence-corrected chi connectivity index (χ0v) is 6.59. The van der Waals surface area contributed by atoms with Crippen molar-refractivity contribution in [2.45, 2.75) is 38.2 Å². The molecule has 0 heterocycles. The quantitative estimate of drug-likeness (QED) is 0.563. The molecular formula is C8H11NO2. The minimum absolute atomic E-state index is 0.278. The molecule has 0 saturated heterocycles. The van der Waals surface area contributed by atoms with Gasteiger partial charge in [-0.3, -0.25) is 4.79 Å². The molecule has 0 aliphatic heterocycles. The Morgan fingerprint density at radius 1 is 1.73 bits per heavy atom. The van der Waals surface area contributed by atoms with Crippen LogP contribution >= 0.6 is 0 Å². The van der Waals surface area contributed by atoms with Gasteiger partial charge in [0.25, 0.3) is 0 Å². The SMILES string of the molecule is CC(=O)OC1(CC#N)CCC1. The van der Waals surface area contributed by atoms with Crippen molar-refractivity contribution in [3.8, 4) is 6.07 Å². The summed E-state index contributed by atoms with van der Waals surface area (Å²) in [6.45, 7) is 1.39. The monoisotopic (exact) mass is 153 g/mol. The van der Waals surface area contributed by atoms with Gasteiger partial charge in [0.05, 0.1) is 12.5 Å². The third-order valence-electron chi connectivity index (χ3n) is 2.03. The van der Waals surface area contributed by atoms with Crippen molar-refractivity contribution in [1.82, 2.24) is 0 Å². The van der Waals surface area contributed by atoms with Crippen molar-refractivity contribution < 1.29 is 9.53 Å². The van der Waals surface area contributed by atoms with E-state index in [1.807, 2.05) is 6.07 Å². The molecule has 0 spiro atoms. The van der Waals surface area contributed by atoms with Crippen LogP contribution in [0.5, 0.6) is 0 Å². The van der Waals surface area contributed by atoms with Gasteiger partial charge in [0.2, 0.25) is 0 Å². The van der Waals surface area contributed by atoms with Crippen LogP contribution in [0.25, 0.3) is 0 Å². The molecule has 0 atom stereocenters. The maximum atomic E-state index is 10.6. The summed E-state index contributed by atoms with van der Waals surface area (Å²) in [5, 5.41) is 8.44. The topological polar surface area (TPSA) is 50.1 Å². The maximum Gasteiger partial charge on any atom is 0.303 e. The van der Waals surface area contributed by atoms with E-state index in [1.165, 1.54) is 6.92 Å². The summed E-state index contributed by atoms with van der Waals surface area (Å²) in [5.41, 5.74) is -0.416. The van der Waals surface area contributed by atoms with Gasteiger partial charge in [-0.25, -0.2) is 0 Å². The highest BCUT2D eigenvalue weighted by atomic mass is 16.6. The Labute approximate surface area is 66.0 Å². The molecule has 1 aliphatic carbocycles. The molecule has 1 saturated carbocycles. The van der Waals surface area contributed by atoms with E-state index >= 15 is 0 Å². The number of esters is 1. The summed E-state index contributed by atoms with van der Waals surface area (Å²) < 4.78 is 5.05. The molecule has 0 unspecified atom stereocenters. The van der Waals surface area contributed by atoms with Crippen LogP contribution in [0.3, 0.4) is 0 Å². The minimum atomic E-state index is -0.416. The van der Waals surface area contributed by atoms with Crippen molar-refractivity contribution in [3.05, 3.63) is 0 Å². The number of hydrogen-bond acceptors (Lipinski definition) is 3. The van der Waals surface area contributed by atoms with Crippen molar-refractivity contribution in [3.63, 3.8) is 0 Å². The second-order valence-electron chi connectivity index (χ2n) is 2.97. The maximum absolute atomic E-state index is 10.6. The summed E-state index contributed by atoms with van der Waals surface area (Å²) in [4.78, 5) is 10.6. The van der Waals surface area contributed by atoms with Gasteiger partial charge in [-0.2, -0.15) is 5.26 Å². The fraction of sp³-hybridized carbons (Fsp3) is 0.750. The predicted molar refractivity (Wildman–Crippen MR) is 38.6 cm³/mol. The molecule has 0 bridgehead atoms. The second kappa shape index (κ2) is 2.91. The largest absolute Gasteiger partial charge is 0.458 e. The number of nitriles is 1. The standard InChI is InChI=1S/C8H11NO2/c1-7(10)11-8(5-6-9)3-2-4-8/h2-5H2,1H3. The molecule has 0 aromatic carbocycles. The number of carbonyl (C=O) groups excluding carboxylic acids is 1. The fourth-order valence-corrected chi connectivity index (χ4v) is 1.34. The highest BCUT2D eigenvalue weighted by Gasteiger charge is 2.39. The Hall–Kier alpha value is -1.04. The lowest BCUT2D eigenvalue weighted by Crippen LogP contribution is -2.41. The number of hydrogen-bond donors (Lipinski definition) is 0. The Kier molecular flexibility index (Phi) is 2.13. The third kappa shape index (κ3) is 1.70. The van der Waals surface area contributed by atoms with Crippen LogP contribution < -0.4 is 0 Å². The molecular weight excluding hydrogens is 142 g/mol. The zero-order valence-electron chi connectivity index (χ0n) is 6.59. The Bertz CT molecular complexity index is 201. The first-order valence-electron chi connectivity index (χ1n) is 3.75. The smallest absolute Gasteiger partial charge is 0.303 e. The normalized spacial score (nSPS) is 19.6. The lowest BCUT2D eigenvalue weighted by atomic mass is 9.78. The zero-order chi connectivity index (χ0) is 8.32. The molecule has 0 radical (unpaired) electrons. The van der Waals surface area contributed by atoms with Crippen LogP contribution in [0.1, 0.15) is 32.6 Å². The number of rotatable bonds is 2. The summed E-state index contributed by atoms with van der Waals surface area (Å²) in [6.07, 6.45) is 3.10. The van der Waals surface area contributed by atoms with Crippen LogP contribution in [0, 0.1) is 11.3 Å². The van der Waals surface area contributed by atoms with Crippen molar-refractivity contribution in [2.75, 3.05) is 0 Å². The number of carbonyl (C=O) groups is 1. The molecule has 0 N–H and O–H groups in total. The summed E-state index contributed by atoms with van der Waals surface area (Å²) in [5.74, 6) is -0.278. The van der Waals surface area contributed by atoms with Gasteiger partial charge in [-0.1, -0.05) is 0 Å². The molecule has 3 heteroatoms. The molecule has 11 heavy (non-hydrogen) atoms. The van der Waals surface area contributed by atoms with Gasteiger partial charge >= 0.3 is 5.97 Å². The van der Waals surface area contributed by atoms with E-state index in [4.69, 9.17) is 10.00 Å². The first kappa shape index (κ1) is 8.06. The molecule has 60 valence electrons. The lowest BCUT2D eigenvalue weighted by Gasteiger charge is -2.38. The van der Waals surface area contributed by atoms with Gasteiger partial charge in [-0.15, -0.1) is 0 Å². The van der Waals surface area contributed by atoms with Crippen molar-refractivity contribution >= 4 is 5.97 Å². The molecule has 0 aromatic heterocycles. The summed E-state index contributed by atoms with van der Waals surface area (Å²) >= 11 is 0. The molecule has 0 aromatic rings. The predicted octanol–water partition coefficient (Wildman–Crippen LogP) is 1.39. The van der Waals surface area contributed by atoms with Gasteiger partial charge in [0, 0.05) is 6.92 Å². The van der Waals surface area contributed by atoms with Crippen LogP contribution in [0.4, 0.5) is 0 Å². The van der Waals surface area contributed by atoms with Crippen molar-refractivity contribution in [1.29, 1.82) is 5.26 Å². The fourth-order valence-electron chi connectivity index (χ4n) is 1.34. The van der Waals surface area contributed by atoms with Crippen LogP contribution in [0.2, 0.25) is 0 Å². The van der Waals surface area contributed by atoms with Gasteiger partial charge < -0.3 is 4.74 Å². The highest BCUT2D eigenvalue weighted by Crippen LogP contribution is 2.38. The minimum Gasteiger partial charge on any atom is -0.458 e. The van der Waals surface area contributed by atoms with Gasteiger partial charge in [0.1, 0.15) is 5.60 Å². The van der Waals surface area contributed by atoms with Crippen molar-refractivity contribution in [2.24, 2.45) is 0 Å². The average Bonchev–Trinajstić information content (AvgIpc) is 1.82. The molecule has 1 fully saturated rings. The number of ether oxygens (including phenoxy) is 1. The molecule has 1 rings (SSSR count). The Balaban J connectivity index is 2.48. The van der Waals surface area contributed by atoms with Crippen LogP contribution in [-0.4, -0.2) is 11.6 Å². The molecule has 1 aliphatic rings. The van der Waals surface area contributed by atoms with E-state index in [9.17, 15) is 4.79 Å². The average molecular weight is 153 g/mol. The number of nitrogens with zero attached hydrogens (tertiary/aromatic N) is 1. The molecule has 0 amide bonds. The second-order valence-corrected chi connectivity index (χ2v) is 2.97. The summed E-state index contributed by atoms with van der Waals surface area (Å²) in [7, 11) is 0. The van der Waals surface area contributed by atoms with Gasteiger partial charge in [-0.05, 0) is 19.3 Å². The lowest BCUT2D eigenvalue weighted by molar-refractivity contribution is -0.165. The van der Waals surface area contributed by atoms with Crippen LogP contribution in [0.15, 0.2) is 0 Å². The Morgan fingerprint density at radius 3 is 2.64 bits per heavy atom. The first-order chi connectivity index (χ1) is 5.18. The van der Waals surface area contributed by atoms with E-state index in [0.717, 1.165) is 19.3 Å². The first-order valence-corrected chi connectivity index (χ1v) is 3.75.